The molecule has 0 amide bonds. The summed E-state index contributed by atoms with van der Waals surface area (Å²) in [5.74, 6) is -71.4. The van der Waals surface area contributed by atoms with E-state index in [1.54, 1.807) is 12.5 Å². The summed E-state index contributed by atoms with van der Waals surface area (Å²) in [6.45, 7) is 0. The second kappa shape index (κ2) is 18.1. The molecule has 0 spiro atoms. The van der Waals surface area contributed by atoms with Crippen LogP contribution in [0, 0.1) is 116 Å². The minimum Gasteiger partial charge on any atom is -0.207 e. The Hall–Kier alpha value is -1.50. The average molecular weight is 1110 g/mol. The molecule has 0 atom stereocenters. The van der Waals surface area contributed by atoms with Crippen LogP contribution in [0.1, 0.15) is 0 Å². The molecule has 0 heterocycles. The first kappa shape index (κ1) is 53.8. The lowest BCUT2D eigenvalue weighted by atomic mass is 9.12. The van der Waals surface area contributed by atoms with Gasteiger partial charge in [0.15, 0.2) is 69.8 Å². The molecule has 61 heavy (non-hydrogen) atoms. The summed E-state index contributed by atoms with van der Waals surface area (Å²) in [6.07, 6.45) is -3.90. The van der Waals surface area contributed by atoms with Gasteiger partial charge >= 0.3 is 0 Å². The third-order valence-corrected chi connectivity index (χ3v) is 14.2. The first-order valence-electron chi connectivity index (χ1n) is 14.4. The van der Waals surface area contributed by atoms with E-state index in [1.807, 2.05) is 0 Å². The van der Waals surface area contributed by atoms with E-state index in [0.29, 0.717) is 0 Å². The summed E-state index contributed by atoms with van der Waals surface area (Å²) in [7, 11) is -0.808. The van der Waals surface area contributed by atoms with Gasteiger partial charge in [0.05, 0.1) is 12.5 Å². The predicted molar refractivity (Wildman–Crippen MR) is 192 cm³/mol. The highest BCUT2D eigenvalue weighted by Gasteiger charge is 2.79. The number of halogens is 29. The smallest absolute Gasteiger partial charge is 0.207 e. The molecular weight excluding hydrogens is 1100 g/mol. The van der Waals surface area contributed by atoms with Crippen LogP contribution in [0.3, 0.4) is 0 Å². The van der Waals surface area contributed by atoms with E-state index in [2.05, 4.69) is 0 Å². The van der Waals surface area contributed by atoms with Crippen molar-refractivity contribution in [3.8, 4) is 0 Å². The zero-order chi connectivity index (χ0) is 47.9. The van der Waals surface area contributed by atoms with Crippen LogP contribution >= 0.6 is 104 Å². The Labute approximate surface area is 374 Å². The van der Waals surface area contributed by atoms with Crippen LogP contribution in [-0.4, -0.2) is 34.8 Å². The SMILES string of the molecule is C[S+](C)C(C(Cl)(Cl)Cl)(C(Cl)(Cl)Cl)C(Cl)(Cl)Cl.Fc1c(F)c(F)c([B-](c2c(F)c(F)c(F)c(F)c2F)(c2c(F)c(F)c(F)c(F)c2F)c2c(F)c(F)c(F)c(F)c2F)c(F)c1F. The van der Waals surface area contributed by atoms with Gasteiger partial charge in [-0.05, 0) is 0 Å². The molecule has 0 unspecified atom stereocenters. The standard InChI is InChI=1S/C24BF20.C6H6Cl9S/c26-5-1(6(27)14(35)21(42)13(5)34)25(2-7(28)15(36)22(43)16(37)8(2)29,3-9(30)17(38)23(44)18(39)10(3)31)4-11(32)19(40)24(45)20(41)12(4)33;1-16(2)3(4(7,8)9,5(10,11)12)6(13,14)15/h;1-2H3/q-1;+1. The van der Waals surface area contributed by atoms with Crippen LogP contribution in [0.4, 0.5) is 87.8 Å². The van der Waals surface area contributed by atoms with E-state index in [1.165, 1.54) is 0 Å². The van der Waals surface area contributed by atoms with E-state index < -0.39 is 171 Å². The Balaban J connectivity index is 0.000000525. The molecule has 0 radical (unpaired) electrons. The van der Waals surface area contributed by atoms with Crippen molar-refractivity contribution in [2.75, 3.05) is 12.5 Å². The van der Waals surface area contributed by atoms with E-state index >= 15 is 35.1 Å². The lowest BCUT2D eigenvalue weighted by Crippen LogP contribution is -2.81. The van der Waals surface area contributed by atoms with Crippen molar-refractivity contribution in [3.05, 3.63) is 116 Å². The Morgan fingerprint density at radius 3 is 0.459 bits per heavy atom. The summed E-state index contributed by atoms with van der Waals surface area (Å²) in [4.78, 5) is 0. The zero-order valence-electron chi connectivity index (χ0n) is 27.9. The van der Waals surface area contributed by atoms with Crippen molar-refractivity contribution < 1.29 is 87.8 Å². The van der Waals surface area contributed by atoms with E-state index in [-0.39, 0.29) is 0 Å². The first-order valence-corrected chi connectivity index (χ1v) is 19.8. The van der Waals surface area contributed by atoms with Crippen molar-refractivity contribution >= 4 is 143 Å². The first-order chi connectivity index (χ1) is 27.4. The lowest BCUT2D eigenvalue weighted by molar-refractivity contribution is 0.378. The van der Waals surface area contributed by atoms with Crippen molar-refractivity contribution in [2.24, 2.45) is 0 Å². The number of hydrogen-bond donors (Lipinski definition) is 0. The molecular formula is C30H6BCl9F20S. The van der Waals surface area contributed by atoms with E-state index in [9.17, 15) is 52.7 Å². The van der Waals surface area contributed by atoms with Crippen LogP contribution < -0.4 is 21.9 Å². The van der Waals surface area contributed by atoms with Crippen LogP contribution in [0.5, 0.6) is 0 Å². The third-order valence-electron chi connectivity index (χ3n) is 8.52. The van der Waals surface area contributed by atoms with E-state index in [4.69, 9.17) is 104 Å². The fraction of sp³-hybridized carbons (Fsp3) is 0.200. The van der Waals surface area contributed by atoms with Crippen molar-refractivity contribution in [2.45, 2.75) is 16.1 Å². The van der Waals surface area contributed by atoms with Crippen molar-refractivity contribution in [1.29, 1.82) is 0 Å². The Bertz CT molecular complexity index is 2020. The molecule has 0 bridgehead atoms. The molecule has 31 heteroatoms. The fourth-order valence-electron chi connectivity index (χ4n) is 6.05. The maximum atomic E-state index is 15.4. The Morgan fingerprint density at radius 1 is 0.262 bits per heavy atom. The maximum absolute atomic E-state index is 15.4. The Kier molecular flexibility index (Phi) is 15.9. The summed E-state index contributed by atoms with van der Waals surface area (Å²) >= 11 is 52.7. The minimum absolute atomic E-state index is 0.808. The predicted octanol–water partition coefficient (Wildman–Crippen LogP) is 11.6. The van der Waals surface area contributed by atoms with Gasteiger partial charge in [0.1, 0.15) is 52.7 Å². The van der Waals surface area contributed by atoms with Gasteiger partial charge in [0, 0.05) is 10.9 Å². The number of benzene rings is 4. The maximum Gasteiger partial charge on any atom is 0.266 e. The van der Waals surface area contributed by atoms with Gasteiger partial charge in [-0.1, -0.05) is 104 Å². The van der Waals surface area contributed by atoms with Gasteiger partial charge in [-0.2, -0.15) is 0 Å². The van der Waals surface area contributed by atoms with Crippen molar-refractivity contribution in [3.63, 3.8) is 0 Å². The topological polar surface area (TPSA) is 0 Å². The minimum atomic E-state index is -7.22. The van der Waals surface area contributed by atoms with Crippen LogP contribution in [-0.2, 0) is 10.9 Å². The van der Waals surface area contributed by atoms with Crippen LogP contribution in [0.25, 0.3) is 0 Å². The molecule has 0 aliphatic carbocycles. The number of hydrogen-bond acceptors (Lipinski definition) is 0. The number of alkyl halides is 9. The molecule has 4 aromatic rings. The summed E-state index contributed by atoms with van der Waals surface area (Å²) in [5.41, 5.74) is -14.3. The molecule has 0 N–H and O–H groups in total. The summed E-state index contributed by atoms with van der Waals surface area (Å²) in [5, 5.41) is 0. The van der Waals surface area contributed by atoms with E-state index in [0.717, 1.165) is 0 Å². The normalized spacial score (nSPS) is 13.0. The average Bonchev–Trinajstić information content (AvgIpc) is 3.13. The zero-order valence-corrected chi connectivity index (χ0v) is 35.6. The van der Waals surface area contributed by atoms with Crippen LogP contribution in [0.2, 0.25) is 0 Å². The largest absolute Gasteiger partial charge is 0.266 e. The molecule has 338 valence electrons. The van der Waals surface area contributed by atoms with Gasteiger partial charge in [-0.3, -0.25) is 0 Å². The second-order valence-electron chi connectivity index (χ2n) is 11.8. The van der Waals surface area contributed by atoms with Crippen LogP contribution in [0.15, 0.2) is 0 Å². The molecule has 4 aromatic carbocycles. The quantitative estimate of drug-likeness (QED) is 0.0467. The van der Waals surface area contributed by atoms with Crippen molar-refractivity contribution in [1.82, 2.24) is 0 Å². The highest BCUT2D eigenvalue weighted by molar-refractivity contribution is 7.97. The molecule has 0 aliphatic rings. The lowest BCUT2D eigenvalue weighted by Gasteiger charge is -2.44. The third kappa shape index (κ3) is 8.14. The highest BCUT2D eigenvalue weighted by atomic mass is 35.6. The molecule has 0 saturated carbocycles. The van der Waals surface area contributed by atoms with Gasteiger partial charge in [-0.25, -0.2) is 87.8 Å². The van der Waals surface area contributed by atoms with Gasteiger partial charge < -0.3 is 0 Å². The Morgan fingerprint density at radius 2 is 0.377 bits per heavy atom. The van der Waals surface area contributed by atoms with Gasteiger partial charge in [0.2, 0.25) is 11.4 Å². The van der Waals surface area contributed by atoms with Gasteiger partial charge in [0.25, 0.3) is 4.75 Å². The molecule has 0 aromatic heterocycles. The fourth-order valence-corrected chi connectivity index (χ4v) is 15.5. The molecule has 0 aliphatic heterocycles. The molecule has 0 saturated heterocycles. The molecule has 0 nitrogen and oxygen atoms in total. The molecule has 0 fully saturated rings. The summed E-state index contributed by atoms with van der Waals surface area (Å²) < 4.78 is 286. The summed E-state index contributed by atoms with van der Waals surface area (Å²) in [6, 6.07) is 0. The highest BCUT2D eigenvalue weighted by Crippen LogP contribution is 2.64. The van der Waals surface area contributed by atoms with Gasteiger partial charge in [-0.15, -0.1) is 21.9 Å². The second-order valence-corrected chi connectivity index (χ2v) is 20.9. The number of rotatable bonds is 5. The molecule has 4 rings (SSSR count). The monoisotopic (exact) mass is 1100 g/mol.